The van der Waals surface area contributed by atoms with E-state index in [0.29, 0.717) is 16.5 Å². The summed E-state index contributed by atoms with van der Waals surface area (Å²) in [6.45, 7) is 18.9. The number of hydrogen-bond acceptors (Lipinski definition) is 3. The highest BCUT2D eigenvalue weighted by Gasteiger charge is 2.27. The molecule has 0 saturated heterocycles. The van der Waals surface area contributed by atoms with Crippen molar-refractivity contribution in [1.82, 2.24) is 4.83 Å². The zero-order valence-electron chi connectivity index (χ0n) is 23.6. The van der Waals surface area contributed by atoms with Gasteiger partial charge >= 0.3 is 0 Å². The van der Waals surface area contributed by atoms with E-state index < -0.39 is 18.1 Å². The molecule has 0 saturated carbocycles. The number of hydrogen-bond donors (Lipinski definition) is 1. The Kier molecular flexibility index (Phi) is 8.72. The number of benzene rings is 3. The van der Waals surface area contributed by atoms with Crippen LogP contribution in [-0.4, -0.2) is 22.2 Å². The van der Waals surface area contributed by atoms with Crippen molar-refractivity contribution >= 4 is 34.6 Å². The smallest absolute Gasteiger partial charge is 0.200 e. The predicted octanol–water partition coefficient (Wildman–Crippen LogP) is 7.77. The lowest BCUT2D eigenvalue weighted by molar-refractivity contribution is 0.579. The second-order valence-electron chi connectivity index (χ2n) is 11.6. The van der Waals surface area contributed by atoms with Crippen molar-refractivity contribution in [2.45, 2.75) is 83.8 Å². The Morgan fingerprint density at radius 3 is 1.89 bits per heavy atom. The van der Waals surface area contributed by atoms with Crippen LogP contribution in [0.1, 0.15) is 81.5 Å². The Labute approximate surface area is 224 Å². The molecule has 0 aliphatic carbocycles. The maximum absolute atomic E-state index is 13.9. The Morgan fingerprint density at radius 1 is 0.811 bits per heavy atom. The fourth-order valence-corrected chi connectivity index (χ4v) is 6.11. The van der Waals surface area contributed by atoms with E-state index in [9.17, 15) is 8.42 Å². The van der Waals surface area contributed by atoms with Gasteiger partial charge in [0, 0.05) is 5.56 Å². The molecule has 196 valence electrons. The zero-order valence-corrected chi connectivity index (χ0v) is 25.4. The van der Waals surface area contributed by atoms with Gasteiger partial charge in [0.25, 0.3) is 10.0 Å². The number of fused-ring (bicyclic) bond motifs is 1. The van der Waals surface area contributed by atoms with E-state index in [-0.39, 0.29) is 11.8 Å². The number of sulfonamides is 1. The fraction of sp³-hybridized carbons (Fsp3) is 0.387. The van der Waals surface area contributed by atoms with E-state index in [2.05, 4.69) is 54.9 Å². The summed E-state index contributed by atoms with van der Waals surface area (Å²) in [5.41, 5.74) is 7.34. The summed E-state index contributed by atoms with van der Waals surface area (Å²) in [7, 11) is -5.68. The average Bonchev–Trinajstić information content (AvgIpc) is 2.82. The van der Waals surface area contributed by atoms with Crippen LogP contribution in [0.4, 0.5) is 0 Å². The largest absolute Gasteiger partial charge is 0.277 e. The first-order valence-electron chi connectivity index (χ1n) is 13.0. The van der Waals surface area contributed by atoms with Gasteiger partial charge in [-0.15, -0.1) is 5.54 Å². The Balaban J connectivity index is 2.18. The lowest BCUT2D eigenvalue weighted by Gasteiger charge is -2.22. The number of hydrazone groups is 1. The Morgan fingerprint density at radius 2 is 1.38 bits per heavy atom. The fourth-order valence-electron chi connectivity index (χ4n) is 4.10. The van der Waals surface area contributed by atoms with E-state index >= 15 is 0 Å². The normalized spacial score (nSPS) is 12.8. The molecule has 0 radical (unpaired) electrons. The monoisotopic (exact) mass is 532 g/mol. The van der Waals surface area contributed by atoms with Crippen molar-refractivity contribution in [2.24, 2.45) is 5.10 Å². The minimum absolute atomic E-state index is 0.0402. The minimum Gasteiger partial charge on any atom is -0.200 e. The molecule has 0 aliphatic rings. The maximum atomic E-state index is 13.9. The molecule has 0 atom stereocenters. The number of nitrogens with one attached hydrogen (secondary N) is 1. The molecule has 0 heterocycles. The van der Waals surface area contributed by atoms with Crippen LogP contribution in [0, 0.1) is 11.5 Å². The summed E-state index contributed by atoms with van der Waals surface area (Å²) >= 11 is 0. The lowest BCUT2D eigenvalue weighted by Crippen LogP contribution is -2.24. The quantitative estimate of drug-likeness (QED) is 0.146. The molecular formula is C31H40N2O2SSi. The van der Waals surface area contributed by atoms with Gasteiger partial charge in [0.2, 0.25) is 0 Å². The highest BCUT2D eigenvalue weighted by molar-refractivity contribution is 7.89. The van der Waals surface area contributed by atoms with Crippen molar-refractivity contribution in [3.8, 4) is 11.5 Å². The molecule has 0 aliphatic heterocycles. The van der Waals surface area contributed by atoms with E-state index in [0.717, 1.165) is 33.0 Å². The van der Waals surface area contributed by atoms with Gasteiger partial charge in [-0.2, -0.15) is 18.4 Å². The highest BCUT2D eigenvalue weighted by atomic mass is 32.2. The number of nitrogens with zero attached hydrogens (tertiary/aromatic N) is 1. The lowest BCUT2D eigenvalue weighted by atomic mass is 9.89. The molecule has 4 nitrogen and oxygen atoms in total. The van der Waals surface area contributed by atoms with Gasteiger partial charge in [0.1, 0.15) is 13.8 Å². The molecule has 0 amide bonds. The van der Waals surface area contributed by atoms with Crippen molar-refractivity contribution < 1.29 is 8.42 Å². The SMILES string of the molecule is CC(C)c1cc(C(C)C)c(S(=O)(=O)N/N=C(\C#C[Si](C)(C)C)c2ccc3ccccc3c2)c(C(C)C)c1. The topological polar surface area (TPSA) is 58.5 Å². The second-order valence-corrected chi connectivity index (χ2v) is 18.0. The van der Waals surface area contributed by atoms with Crippen LogP contribution in [0.15, 0.2) is 64.6 Å². The van der Waals surface area contributed by atoms with Gasteiger partial charge in [-0.05, 0) is 51.3 Å². The van der Waals surface area contributed by atoms with E-state index in [4.69, 9.17) is 0 Å². The Hall–Kier alpha value is -2.88. The summed E-state index contributed by atoms with van der Waals surface area (Å²) < 4.78 is 27.7. The first-order valence-corrected chi connectivity index (χ1v) is 18.0. The molecule has 0 aromatic heterocycles. The average molecular weight is 533 g/mol. The third kappa shape index (κ3) is 7.12. The van der Waals surface area contributed by atoms with Crippen LogP contribution in [0.3, 0.4) is 0 Å². The summed E-state index contributed by atoms with van der Waals surface area (Å²) in [5.74, 6) is 3.58. The zero-order chi connectivity index (χ0) is 27.5. The first-order chi connectivity index (χ1) is 17.2. The van der Waals surface area contributed by atoms with Crippen LogP contribution >= 0.6 is 0 Å². The second kappa shape index (κ2) is 11.2. The van der Waals surface area contributed by atoms with Gasteiger partial charge in [0.05, 0.1) is 4.90 Å². The molecule has 0 spiro atoms. The van der Waals surface area contributed by atoms with Crippen LogP contribution in [0.5, 0.6) is 0 Å². The summed E-state index contributed by atoms with van der Waals surface area (Å²) in [6.07, 6.45) is 0. The van der Waals surface area contributed by atoms with Gasteiger partial charge in [-0.3, -0.25) is 0 Å². The molecule has 1 N–H and O–H groups in total. The van der Waals surface area contributed by atoms with Gasteiger partial charge in [-0.1, -0.05) is 116 Å². The Bertz CT molecular complexity index is 1460. The minimum atomic E-state index is -3.95. The molecule has 0 fully saturated rings. The van der Waals surface area contributed by atoms with Crippen molar-refractivity contribution in [3.63, 3.8) is 0 Å². The number of rotatable bonds is 7. The van der Waals surface area contributed by atoms with Crippen LogP contribution in [0.25, 0.3) is 10.8 Å². The molecule has 37 heavy (non-hydrogen) atoms. The van der Waals surface area contributed by atoms with Crippen molar-refractivity contribution in [1.29, 1.82) is 0 Å². The van der Waals surface area contributed by atoms with Crippen LogP contribution in [0.2, 0.25) is 19.6 Å². The van der Waals surface area contributed by atoms with E-state index in [1.807, 2.05) is 82.3 Å². The molecular weight excluding hydrogens is 493 g/mol. The molecule has 0 bridgehead atoms. The van der Waals surface area contributed by atoms with E-state index in [1.54, 1.807) is 0 Å². The van der Waals surface area contributed by atoms with Crippen LogP contribution in [-0.2, 0) is 10.0 Å². The molecule has 0 unspecified atom stereocenters. The molecule has 3 aromatic carbocycles. The third-order valence-corrected chi connectivity index (χ3v) is 8.42. The predicted molar refractivity (Wildman–Crippen MR) is 161 cm³/mol. The summed E-state index contributed by atoms with van der Waals surface area (Å²) in [6, 6.07) is 18.1. The van der Waals surface area contributed by atoms with E-state index in [1.165, 1.54) is 0 Å². The molecule has 6 heteroatoms. The first kappa shape index (κ1) is 28.7. The summed E-state index contributed by atoms with van der Waals surface area (Å²) in [4.78, 5) is 2.91. The summed E-state index contributed by atoms with van der Waals surface area (Å²) in [5, 5.41) is 6.60. The van der Waals surface area contributed by atoms with Gasteiger partial charge in [0.15, 0.2) is 0 Å². The molecule has 3 rings (SSSR count). The van der Waals surface area contributed by atoms with Gasteiger partial charge in [-0.25, -0.2) is 0 Å². The standard InChI is InChI=1S/C31H40N2O2SSi/c1-21(2)27-19-28(22(3)4)31(29(20-27)23(5)6)36(34,35)33-32-30(16-17-37(7,8)9)26-15-14-24-12-10-11-13-25(24)18-26/h10-15,18-23,33H,1-9H3/b32-30+. The molecule has 3 aromatic rings. The van der Waals surface area contributed by atoms with Crippen molar-refractivity contribution in [2.75, 3.05) is 0 Å². The highest BCUT2D eigenvalue weighted by Crippen LogP contribution is 2.35. The van der Waals surface area contributed by atoms with Gasteiger partial charge < -0.3 is 0 Å². The van der Waals surface area contributed by atoms with Crippen LogP contribution < -0.4 is 4.83 Å². The van der Waals surface area contributed by atoms with Crippen molar-refractivity contribution in [3.05, 3.63) is 76.9 Å². The maximum Gasteiger partial charge on any atom is 0.277 e. The third-order valence-electron chi connectivity index (χ3n) is 6.20.